The van der Waals surface area contributed by atoms with Gasteiger partial charge in [0.2, 0.25) is 0 Å². The summed E-state index contributed by atoms with van der Waals surface area (Å²) in [7, 11) is 0. The molecule has 1 aliphatic rings. The van der Waals surface area contributed by atoms with E-state index in [-0.39, 0.29) is 33.5 Å². The van der Waals surface area contributed by atoms with Gasteiger partial charge < -0.3 is 24.0 Å². The van der Waals surface area contributed by atoms with Gasteiger partial charge in [-0.05, 0) is 60.7 Å². The number of aromatic nitrogens is 3. The standard InChI is InChI=1S/C28H23Cl2F2N3O5/c29-22-13-35(37)14-23(30)21(22)12-25(39-27(36)18-3-6-20(7-4-18)34-10-9-33-16-34)19-5-8-24(40-28(31)32)26(11-19)38-15-17-1-2-17/h3-11,13-14,16-17,25,28H,1-2,12,15H2. The van der Waals surface area contributed by atoms with Crippen LogP contribution in [0.1, 0.15) is 40.4 Å². The third-order valence-electron chi connectivity index (χ3n) is 6.33. The first kappa shape index (κ1) is 27.7. The number of hydrogen-bond acceptors (Lipinski definition) is 6. The van der Waals surface area contributed by atoms with Gasteiger partial charge in [0.1, 0.15) is 16.1 Å². The van der Waals surface area contributed by atoms with E-state index in [2.05, 4.69) is 9.72 Å². The summed E-state index contributed by atoms with van der Waals surface area (Å²) in [6, 6.07) is 11.0. The highest BCUT2D eigenvalue weighted by Gasteiger charge is 2.26. The Labute approximate surface area is 238 Å². The van der Waals surface area contributed by atoms with Crippen molar-refractivity contribution in [3.05, 3.63) is 106 Å². The molecule has 1 aliphatic carbocycles. The lowest BCUT2D eigenvalue weighted by molar-refractivity contribution is -0.605. The van der Waals surface area contributed by atoms with Crippen LogP contribution in [-0.2, 0) is 11.2 Å². The molecule has 12 heteroatoms. The molecular weight excluding hydrogens is 567 g/mol. The molecule has 2 aromatic carbocycles. The normalized spacial score (nSPS) is 13.7. The molecule has 1 atom stereocenters. The van der Waals surface area contributed by atoms with Gasteiger partial charge >= 0.3 is 12.6 Å². The summed E-state index contributed by atoms with van der Waals surface area (Å²) in [4.78, 5) is 17.3. The smallest absolute Gasteiger partial charge is 0.387 e. The van der Waals surface area contributed by atoms with Gasteiger partial charge in [-0.25, -0.2) is 9.78 Å². The zero-order valence-corrected chi connectivity index (χ0v) is 22.4. The molecule has 0 amide bonds. The third kappa shape index (κ3) is 6.81. The average Bonchev–Trinajstić information content (AvgIpc) is 3.59. The Bertz CT molecular complexity index is 1460. The molecular formula is C28H23Cl2F2N3O5. The lowest BCUT2D eigenvalue weighted by atomic mass is 10.0. The predicted molar refractivity (Wildman–Crippen MR) is 142 cm³/mol. The second kappa shape index (κ2) is 12.1. The summed E-state index contributed by atoms with van der Waals surface area (Å²) in [5, 5.41) is 11.9. The fourth-order valence-electron chi connectivity index (χ4n) is 4.04. The van der Waals surface area contributed by atoms with Crippen LogP contribution in [0.4, 0.5) is 8.78 Å². The van der Waals surface area contributed by atoms with E-state index in [1.54, 1.807) is 47.6 Å². The summed E-state index contributed by atoms with van der Waals surface area (Å²) in [6.45, 7) is -2.70. The highest BCUT2D eigenvalue weighted by molar-refractivity contribution is 6.35. The van der Waals surface area contributed by atoms with E-state index in [1.807, 2.05) is 0 Å². The van der Waals surface area contributed by atoms with Crippen molar-refractivity contribution in [1.82, 2.24) is 9.55 Å². The third-order valence-corrected chi connectivity index (χ3v) is 6.98. The highest BCUT2D eigenvalue weighted by atomic mass is 35.5. The molecule has 0 radical (unpaired) electrons. The van der Waals surface area contributed by atoms with Crippen LogP contribution < -0.4 is 14.2 Å². The molecule has 0 spiro atoms. The number of carbonyl (C=O) groups excluding carboxylic acids is 1. The fraction of sp³-hybridized carbons (Fsp3) is 0.250. The first-order valence-corrected chi connectivity index (χ1v) is 13.1. The maximum atomic E-state index is 13.2. The van der Waals surface area contributed by atoms with Gasteiger partial charge in [0.05, 0.1) is 18.5 Å². The van der Waals surface area contributed by atoms with Crippen LogP contribution in [0, 0.1) is 11.1 Å². The molecule has 8 nitrogen and oxygen atoms in total. The molecule has 0 saturated heterocycles. The summed E-state index contributed by atoms with van der Waals surface area (Å²) >= 11 is 12.6. The number of rotatable bonds is 11. The number of benzene rings is 2. The van der Waals surface area contributed by atoms with Crippen LogP contribution in [0.15, 0.2) is 73.6 Å². The van der Waals surface area contributed by atoms with Gasteiger partial charge in [-0.2, -0.15) is 13.5 Å². The maximum Gasteiger partial charge on any atom is 0.387 e. The average molecular weight is 590 g/mol. The molecule has 1 saturated carbocycles. The summed E-state index contributed by atoms with van der Waals surface area (Å²) in [5.41, 5.74) is 1.88. The number of hydrogen-bond donors (Lipinski definition) is 0. The van der Waals surface area contributed by atoms with Crippen LogP contribution in [-0.4, -0.2) is 28.7 Å². The quantitative estimate of drug-likeness (QED) is 0.115. The molecule has 40 heavy (non-hydrogen) atoms. The Morgan fingerprint density at radius 1 is 1.10 bits per heavy atom. The predicted octanol–water partition coefficient (Wildman–Crippen LogP) is 6.34. The molecule has 0 aliphatic heterocycles. The minimum Gasteiger partial charge on any atom is -0.619 e. The van der Waals surface area contributed by atoms with Crippen molar-refractivity contribution in [2.24, 2.45) is 5.92 Å². The van der Waals surface area contributed by atoms with E-state index in [0.29, 0.717) is 28.4 Å². The molecule has 2 aromatic heterocycles. The van der Waals surface area contributed by atoms with Crippen molar-refractivity contribution in [2.45, 2.75) is 32.0 Å². The number of carbonyl (C=O) groups is 1. The van der Waals surface area contributed by atoms with E-state index in [0.717, 1.165) is 30.9 Å². The molecule has 0 N–H and O–H groups in total. The molecule has 1 unspecified atom stereocenters. The van der Waals surface area contributed by atoms with Crippen LogP contribution in [0.5, 0.6) is 11.5 Å². The van der Waals surface area contributed by atoms with Crippen LogP contribution in [0.2, 0.25) is 10.0 Å². The van der Waals surface area contributed by atoms with Crippen LogP contribution in [0.25, 0.3) is 5.69 Å². The largest absolute Gasteiger partial charge is 0.619 e. The highest BCUT2D eigenvalue weighted by Crippen LogP contribution is 2.38. The second-order valence-corrected chi connectivity index (χ2v) is 10.1. The lowest BCUT2D eigenvalue weighted by Gasteiger charge is -2.21. The molecule has 0 bridgehead atoms. The van der Waals surface area contributed by atoms with Gasteiger partial charge in [0.15, 0.2) is 23.9 Å². The second-order valence-electron chi connectivity index (χ2n) is 9.25. The maximum absolute atomic E-state index is 13.2. The van der Waals surface area contributed by atoms with Gasteiger partial charge in [-0.3, -0.25) is 0 Å². The van der Waals surface area contributed by atoms with Gasteiger partial charge in [0.25, 0.3) is 0 Å². The number of ether oxygens (including phenoxy) is 3. The molecule has 208 valence electrons. The number of alkyl halides is 2. The van der Waals surface area contributed by atoms with Crippen molar-refractivity contribution in [1.29, 1.82) is 0 Å². The molecule has 4 aromatic rings. The number of imidazole rings is 1. The van der Waals surface area contributed by atoms with Crippen molar-refractivity contribution in [2.75, 3.05) is 6.61 Å². The van der Waals surface area contributed by atoms with Crippen molar-refractivity contribution in [3.8, 4) is 17.2 Å². The molecule has 2 heterocycles. The first-order valence-electron chi connectivity index (χ1n) is 12.3. The Hall–Kier alpha value is -3.89. The summed E-state index contributed by atoms with van der Waals surface area (Å²) in [5.74, 6) is -0.332. The van der Waals surface area contributed by atoms with Gasteiger partial charge in [-0.1, -0.05) is 29.3 Å². The Morgan fingerprint density at radius 3 is 2.45 bits per heavy atom. The Balaban J connectivity index is 1.46. The zero-order valence-electron chi connectivity index (χ0n) is 20.9. The number of nitrogens with zero attached hydrogens (tertiary/aromatic N) is 3. The van der Waals surface area contributed by atoms with Crippen molar-refractivity contribution in [3.63, 3.8) is 0 Å². The van der Waals surface area contributed by atoms with Crippen molar-refractivity contribution >= 4 is 29.2 Å². The summed E-state index contributed by atoms with van der Waals surface area (Å²) in [6.07, 6.45) is 8.34. The minimum atomic E-state index is -3.05. The molecule has 1 fully saturated rings. The number of esters is 1. The van der Waals surface area contributed by atoms with Crippen molar-refractivity contribution < 1.29 is 32.5 Å². The van der Waals surface area contributed by atoms with E-state index in [9.17, 15) is 18.8 Å². The van der Waals surface area contributed by atoms with Gasteiger partial charge in [-0.15, -0.1) is 0 Å². The Morgan fingerprint density at radius 2 is 1.82 bits per heavy atom. The fourth-order valence-corrected chi connectivity index (χ4v) is 4.64. The van der Waals surface area contributed by atoms with E-state index in [1.165, 1.54) is 18.2 Å². The van der Waals surface area contributed by atoms with E-state index >= 15 is 0 Å². The van der Waals surface area contributed by atoms with Crippen LogP contribution in [0.3, 0.4) is 0 Å². The van der Waals surface area contributed by atoms with Crippen LogP contribution >= 0.6 is 23.2 Å². The van der Waals surface area contributed by atoms with E-state index < -0.39 is 18.7 Å². The zero-order chi connectivity index (χ0) is 28.2. The summed E-state index contributed by atoms with van der Waals surface area (Å²) < 4.78 is 44.7. The Kier molecular flexibility index (Phi) is 8.37. The topological polar surface area (TPSA) is 89.5 Å². The monoisotopic (exact) mass is 589 g/mol. The lowest BCUT2D eigenvalue weighted by Crippen LogP contribution is -2.25. The number of pyridine rings is 1. The van der Waals surface area contributed by atoms with E-state index in [4.69, 9.17) is 32.7 Å². The first-order chi connectivity index (χ1) is 19.3. The minimum absolute atomic E-state index is 0.00547. The van der Waals surface area contributed by atoms with Gasteiger partial charge in [0, 0.05) is 30.1 Å². The SMILES string of the molecule is O=C(OC(Cc1c(Cl)c[n+]([O-])cc1Cl)c1ccc(OC(F)F)c(OCC2CC2)c1)c1ccc(-n2ccnc2)cc1. The molecule has 5 rings (SSSR count). The number of halogens is 4.